The number of carbonyl (C=O) groups excluding carboxylic acids is 1. The number of carbonyl (C=O) groups is 1. The van der Waals surface area contributed by atoms with E-state index >= 15 is 0 Å². The van der Waals surface area contributed by atoms with Crippen LogP contribution in [0.5, 0.6) is 0 Å². The number of primary amides is 1. The Morgan fingerprint density at radius 3 is 2.74 bits per heavy atom. The van der Waals surface area contributed by atoms with Crippen LogP contribution in [0.2, 0.25) is 0 Å². The van der Waals surface area contributed by atoms with Gasteiger partial charge in [0.05, 0.1) is 17.7 Å². The van der Waals surface area contributed by atoms with Crippen molar-refractivity contribution >= 4 is 17.1 Å². The molecule has 2 N–H and O–H groups in total. The average molecular weight is 513 g/mol. The fourth-order valence-electron chi connectivity index (χ4n) is 6.04. The molecule has 9 nitrogen and oxygen atoms in total. The average Bonchev–Trinajstić information content (AvgIpc) is 3.29. The lowest BCUT2D eigenvalue weighted by Gasteiger charge is -2.47. The topological polar surface area (TPSA) is 118 Å². The molecule has 3 aromatic heterocycles. The fourth-order valence-corrected chi connectivity index (χ4v) is 6.04. The molecule has 10 heteroatoms. The van der Waals surface area contributed by atoms with Crippen LogP contribution in [0.4, 0.5) is 10.1 Å². The number of nitrogens with two attached hydrogens (primary N) is 1. The molecule has 0 bridgehead atoms. The number of nitrogens with zero attached hydrogens (tertiary/aromatic N) is 7. The van der Waals surface area contributed by atoms with Gasteiger partial charge in [-0.05, 0) is 73.9 Å². The zero-order valence-electron chi connectivity index (χ0n) is 21.4. The summed E-state index contributed by atoms with van der Waals surface area (Å²) < 4.78 is 17.7. The molecular weight excluding hydrogens is 483 g/mol. The largest absolute Gasteiger partial charge is 0.364 e. The smallest absolute Gasteiger partial charge is 0.267 e. The summed E-state index contributed by atoms with van der Waals surface area (Å²) in [5, 5.41) is 21.8. The Balaban J connectivity index is 1.40. The molecule has 0 spiro atoms. The van der Waals surface area contributed by atoms with Crippen LogP contribution < -0.4 is 10.6 Å². The van der Waals surface area contributed by atoms with E-state index in [1.165, 1.54) is 4.52 Å². The standard InChI is InChI=1S/C28H29FN8O/c1-27(7-8-27)36(16-19-10-23-22(29)15-33-37(23)24(11-19)25(31)38)21-5-3-4-20(12-21)28(13-18(14-28)6-9-30)26-34-32-17-35(26)2/h3-5,10-12,15,17-18H,6-8,13-14,16H2,1-2H3,(H2,31,38). The zero-order chi connectivity index (χ0) is 26.7. The quantitative estimate of drug-likeness (QED) is 0.383. The van der Waals surface area contributed by atoms with Crippen LogP contribution in [-0.2, 0) is 19.0 Å². The summed E-state index contributed by atoms with van der Waals surface area (Å²) in [4.78, 5) is 14.5. The lowest BCUT2D eigenvalue weighted by atomic mass is 9.57. The Hall–Kier alpha value is -4.26. The number of anilines is 1. The van der Waals surface area contributed by atoms with E-state index < -0.39 is 11.7 Å². The van der Waals surface area contributed by atoms with Gasteiger partial charge in [-0.15, -0.1) is 10.2 Å². The minimum atomic E-state index is -0.659. The van der Waals surface area contributed by atoms with E-state index in [1.807, 2.05) is 11.6 Å². The summed E-state index contributed by atoms with van der Waals surface area (Å²) in [6.07, 6.45) is 7.08. The molecule has 2 fully saturated rings. The van der Waals surface area contributed by atoms with Gasteiger partial charge in [0, 0.05) is 31.2 Å². The second-order valence-electron chi connectivity index (χ2n) is 11.0. The van der Waals surface area contributed by atoms with E-state index in [9.17, 15) is 14.4 Å². The molecule has 0 radical (unpaired) electrons. The second-order valence-corrected chi connectivity index (χ2v) is 11.0. The maximum absolute atomic E-state index is 14.5. The summed E-state index contributed by atoms with van der Waals surface area (Å²) >= 11 is 0. The van der Waals surface area contributed by atoms with Crippen molar-refractivity contribution in [2.75, 3.05) is 4.90 Å². The minimum Gasteiger partial charge on any atom is -0.364 e. The molecule has 0 atom stereocenters. The first-order valence-electron chi connectivity index (χ1n) is 12.8. The molecule has 2 aliphatic rings. The summed E-state index contributed by atoms with van der Waals surface area (Å²) in [6.45, 7) is 2.70. The molecular formula is C28H29FN8O. The van der Waals surface area contributed by atoms with E-state index in [-0.39, 0.29) is 22.2 Å². The number of benzene rings is 1. The number of fused-ring (bicyclic) bond motifs is 1. The number of aromatic nitrogens is 5. The van der Waals surface area contributed by atoms with Crippen molar-refractivity contribution < 1.29 is 9.18 Å². The van der Waals surface area contributed by atoms with Crippen LogP contribution in [0.1, 0.15) is 66.5 Å². The number of hydrogen-bond donors (Lipinski definition) is 1. The lowest BCUT2D eigenvalue weighted by molar-refractivity contribution is 0.0993. The Bertz CT molecular complexity index is 1590. The third-order valence-electron chi connectivity index (χ3n) is 8.35. The van der Waals surface area contributed by atoms with Gasteiger partial charge in [0.15, 0.2) is 5.82 Å². The molecule has 38 heavy (non-hydrogen) atoms. The summed E-state index contributed by atoms with van der Waals surface area (Å²) in [7, 11) is 1.96. The lowest BCUT2D eigenvalue weighted by Crippen LogP contribution is -2.44. The minimum absolute atomic E-state index is 0.0582. The van der Waals surface area contributed by atoms with Crippen molar-refractivity contribution in [3.8, 4) is 6.07 Å². The van der Waals surface area contributed by atoms with E-state index in [2.05, 4.69) is 57.5 Å². The fraction of sp³-hybridized carbons (Fsp3) is 0.393. The number of halogens is 1. The zero-order valence-corrected chi connectivity index (χ0v) is 21.4. The number of pyridine rings is 1. The number of nitriles is 1. The summed E-state index contributed by atoms with van der Waals surface area (Å²) in [6, 6.07) is 14.2. The SMILES string of the molecule is Cn1cnnc1C1(c2cccc(N(Cc3cc(C(N)=O)n4ncc(F)c4c3)C3(C)CC3)c2)CC(CC#N)C1. The molecule has 1 amide bonds. The van der Waals surface area contributed by atoms with Crippen molar-refractivity contribution in [2.24, 2.45) is 18.7 Å². The van der Waals surface area contributed by atoms with Crippen molar-refractivity contribution in [3.05, 3.63) is 77.4 Å². The van der Waals surface area contributed by atoms with Crippen LogP contribution >= 0.6 is 0 Å². The third kappa shape index (κ3) is 3.81. The van der Waals surface area contributed by atoms with Gasteiger partial charge in [0.2, 0.25) is 0 Å². The molecule has 4 aromatic rings. The number of aryl methyl sites for hydroxylation is 1. The highest BCUT2D eigenvalue weighted by molar-refractivity contribution is 5.92. The van der Waals surface area contributed by atoms with Crippen LogP contribution in [0.3, 0.4) is 0 Å². The highest BCUT2D eigenvalue weighted by Gasteiger charge is 2.50. The van der Waals surface area contributed by atoms with Gasteiger partial charge in [0.1, 0.15) is 23.4 Å². The predicted molar refractivity (Wildman–Crippen MR) is 139 cm³/mol. The molecule has 0 saturated heterocycles. The Morgan fingerprint density at radius 1 is 1.29 bits per heavy atom. The van der Waals surface area contributed by atoms with Gasteiger partial charge >= 0.3 is 0 Å². The van der Waals surface area contributed by atoms with Gasteiger partial charge in [-0.1, -0.05) is 12.1 Å². The molecule has 1 aromatic carbocycles. The Morgan fingerprint density at radius 2 is 2.08 bits per heavy atom. The highest BCUT2D eigenvalue weighted by Crippen LogP contribution is 2.54. The maximum atomic E-state index is 14.5. The Kier molecular flexibility index (Phi) is 5.49. The van der Waals surface area contributed by atoms with Crippen molar-refractivity contribution in [2.45, 2.75) is 56.5 Å². The number of rotatable bonds is 8. The van der Waals surface area contributed by atoms with Crippen LogP contribution in [0.15, 0.2) is 48.9 Å². The first-order valence-corrected chi connectivity index (χ1v) is 12.8. The molecule has 2 aliphatic carbocycles. The predicted octanol–water partition coefficient (Wildman–Crippen LogP) is 3.87. The molecule has 0 aliphatic heterocycles. The molecule has 6 rings (SSSR count). The summed E-state index contributed by atoms with van der Waals surface area (Å²) in [5.74, 6) is 0.0689. The van der Waals surface area contributed by atoms with Crippen molar-refractivity contribution in [1.29, 1.82) is 5.26 Å². The van der Waals surface area contributed by atoms with E-state index in [0.29, 0.717) is 18.9 Å². The van der Waals surface area contributed by atoms with Gasteiger partial charge in [-0.3, -0.25) is 4.79 Å². The van der Waals surface area contributed by atoms with Crippen LogP contribution in [0, 0.1) is 23.1 Å². The van der Waals surface area contributed by atoms with E-state index in [1.54, 1.807) is 18.5 Å². The van der Waals surface area contributed by atoms with E-state index in [4.69, 9.17) is 5.73 Å². The van der Waals surface area contributed by atoms with Gasteiger partial charge < -0.3 is 15.2 Å². The molecule has 0 unspecified atom stereocenters. The van der Waals surface area contributed by atoms with Gasteiger partial charge in [0.25, 0.3) is 5.91 Å². The first kappa shape index (κ1) is 24.1. The first-order chi connectivity index (χ1) is 18.2. The van der Waals surface area contributed by atoms with Crippen LogP contribution in [-0.4, -0.2) is 35.8 Å². The summed E-state index contributed by atoms with van der Waals surface area (Å²) in [5.41, 5.74) is 8.59. The Labute approximate surface area is 219 Å². The normalized spacial score (nSPS) is 21.6. The van der Waals surface area contributed by atoms with Gasteiger partial charge in [-0.25, -0.2) is 8.91 Å². The van der Waals surface area contributed by atoms with E-state index in [0.717, 1.165) is 54.5 Å². The number of hydrogen-bond acceptors (Lipinski definition) is 6. The molecule has 194 valence electrons. The van der Waals surface area contributed by atoms with Gasteiger partial charge in [-0.2, -0.15) is 10.4 Å². The van der Waals surface area contributed by atoms with Crippen molar-refractivity contribution in [3.63, 3.8) is 0 Å². The third-order valence-corrected chi connectivity index (χ3v) is 8.35. The number of amides is 1. The molecule has 2 saturated carbocycles. The second kappa shape index (κ2) is 8.65. The van der Waals surface area contributed by atoms with Crippen molar-refractivity contribution in [1.82, 2.24) is 24.4 Å². The molecule has 3 heterocycles. The highest BCUT2D eigenvalue weighted by atomic mass is 19.1. The maximum Gasteiger partial charge on any atom is 0.267 e. The monoisotopic (exact) mass is 512 g/mol. The van der Waals surface area contributed by atoms with Crippen LogP contribution in [0.25, 0.3) is 5.52 Å².